The number of hydrogen-bond acceptors (Lipinski definition) is 9. The van der Waals surface area contributed by atoms with E-state index in [1.54, 1.807) is 38.1 Å². The van der Waals surface area contributed by atoms with Crippen molar-refractivity contribution in [2.45, 2.75) is 18.7 Å². The fraction of sp³-hybridized carbons (Fsp3) is 0.143. The topological polar surface area (TPSA) is 159 Å². The molecule has 0 aliphatic heterocycles. The smallest absolute Gasteiger partial charge is 0.296 e. The maximum Gasteiger partial charge on any atom is 0.296 e. The van der Waals surface area contributed by atoms with Gasteiger partial charge < -0.3 is 15.6 Å². The third-order valence-corrected chi connectivity index (χ3v) is 5.37. The second kappa shape index (κ2) is 9.12. The number of aromatic hydroxyl groups is 1. The Morgan fingerprint density at radius 1 is 0.844 bits per heavy atom. The molecule has 0 aliphatic carbocycles. The molecule has 3 aromatic rings. The van der Waals surface area contributed by atoms with E-state index in [0.717, 1.165) is 0 Å². The summed E-state index contributed by atoms with van der Waals surface area (Å²) in [5, 5.41) is 25.5. The summed E-state index contributed by atoms with van der Waals surface area (Å²) in [6.07, 6.45) is 0. The largest absolute Gasteiger partial charge is 0.508 e. The van der Waals surface area contributed by atoms with E-state index in [1.807, 2.05) is 0 Å². The van der Waals surface area contributed by atoms with Crippen LogP contribution < -0.4 is 10.5 Å². The number of azo groups is 2. The Labute approximate surface area is 184 Å². The second-order valence-electron chi connectivity index (χ2n) is 6.88. The van der Waals surface area contributed by atoms with Crippen LogP contribution >= 0.6 is 0 Å². The number of nitrogens with two attached hydrogens (primary N) is 1. The van der Waals surface area contributed by atoms with Crippen molar-refractivity contribution in [2.24, 2.45) is 20.5 Å². The molecule has 0 unspecified atom stereocenters. The first-order chi connectivity index (χ1) is 15.1. The molecule has 32 heavy (non-hydrogen) atoms. The standard InChI is InChI=1S/C21H21N5O5S/c1-12-8-16(22)20(31-3)10-17(12)25-26-19-9-13(2)18(11-21(19)32(28,29)30)24-23-14-4-6-15(27)7-5-14/h4-11,27H,22H2,1-3H3,(H,28,29,30). The number of methoxy groups -OCH3 is 1. The van der Waals surface area contributed by atoms with Crippen LogP contribution in [0, 0.1) is 13.8 Å². The number of benzene rings is 3. The molecule has 0 saturated heterocycles. The van der Waals surface area contributed by atoms with Gasteiger partial charge in [-0.2, -0.15) is 23.8 Å². The van der Waals surface area contributed by atoms with Crippen molar-refractivity contribution in [3.05, 3.63) is 59.7 Å². The zero-order valence-corrected chi connectivity index (χ0v) is 18.3. The van der Waals surface area contributed by atoms with Crippen LogP contribution in [0.1, 0.15) is 11.1 Å². The number of hydrogen-bond donors (Lipinski definition) is 3. The summed E-state index contributed by atoms with van der Waals surface area (Å²) in [6.45, 7) is 3.46. The monoisotopic (exact) mass is 455 g/mol. The van der Waals surface area contributed by atoms with E-state index in [2.05, 4.69) is 20.5 Å². The van der Waals surface area contributed by atoms with E-state index in [9.17, 15) is 18.1 Å². The molecule has 3 rings (SSSR count). The van der Waals surface area contributed by atoms with Gasteiger partial charge in [0.05, 0.1) is 29.9 Å². The summed E-state index contributed by atoms with van der Waals surface area (Å²) in [4.78, 5) is -0.466. The average Bonchev–Trinajstić information content (AvgIpc) is 2.72. The van der Waals surface area contributed by atoms with Crippen LogP contribution in [0.15, 0.2) is 73.9 Å². The molecule has 0 bridgehead atoms. The van der Waals surface area contributed by atoms with E-state index < -0.39 is 15.0 Å². The Balaban J connectivity index is 2.03. The number of phenols is 1. The van der Waals surface area contributed by atoms with Crippen molar-refractivity contribution in [2.75, 3.05) is 12.8 Å². The zero-order chi connectivity index (χ0) is 23.5. The van der Waals surface area contributed by atoms with Crippen molar-refractivity contribution in [3.63, 3.8) is 0 Å². The van der Waals surface area contributed by atoms with Crippen LogP contribution in [0.25, 0.3) is 0 Å². The van der Waals surface area contributed by atoms with E-state index in [4.69, 9.17) is 10.5 Å². The fourth-order valence-corrected chi connectivity index (χ4v) is 3.40. The molecule has 0 saturated carbocycles. The SMILES string of the molecule is COc1cc(N=Nc2cc(C)c(N=Nc3ccc(O)cc3)cc2S(=O)(=O)O)c(C)cc1N. The van der Waals surface area contributed by atoms with Gasteiger partial charge in [0.2, 0.25) is 0 Å². The summed E-state index contributed by atoms with van der Waals surface area (Å²) in [5.41, 5.74) is 8.58. The average molecular weight is 455 g/mol. The van der Waals surface area contributed by atoms with E-state index >= 15 is 0 Å². The van der Waals surface area contributed by atoms with Crippen LogP contribution in [0.2, 0.25) is 0 Å². The molecule has 3 aromatic carbocycles. The molecule has 4 N–H and O–H groups in total. The Kier molecular flexibility index (Phi) is 6.51. The van der Waals surface area contributed by atoms with Gasteiger partial charge in [-0.3, -0.25) is 4.55 Å². The van der Waals surface area contributed by atoms with Gasteiger partial charge >= 0.3 is 0 Å². The van der Waals surface area contributed by atoms with Gasteiger partial charge in [-0.05, 0) is 67.4 Å². The highest BCUT2D eigenvalue weighted by Crippen LogP contribution is 2.36. The van der Waals surface area contributed by atoms with Crippen LogP contribution in [-0.4, -0.2) is 25.2 Å². The predicted molar refractivity (Wildman–Crippen MR) is 120 cm³/mol. The number of rotatable bonds is 6. The van der Waals surface area contributed by atoms with Gasteiger partial charge in [0, 0.05) is 6.07 Å². The normalized spacial score (nSPS) is 12.0. The molecule has 0 spiro atoms. The summed E-state index contributed by atoms with van der Waals surface area (Å²) in [7, 11) is -3.16. The highest BCUT2D eigenvalue weighted by atomic mass is 32.2. The van der Waals surface area contributed by atoms with Gasteiger partial charge in [-0.25, -0.2) is 0 Å². The van der Waals surface area contributed by atoms with Gasteiger partial charge in [0.1, 0.15) is 22.1 Å². The second-order valence-corrected chi connectivity index (χ2v) is 8.27. The first-order valence-electron chi connectivity index (χ1n) is 9.27. The molecule has 0 aromatic heterocycles. The van der Waals surface area contributed by atoms with Crippen LogP contribution in [0.4, 0.5) is 28.4 Å². The van der Waals surface area contributed by atoms with Crippen molar-refractivity contribution in [3.8, 4) is 11.5 Å². The Hall–Kier alpha value is -3.83. The molecule has 0 fully saturated rings. The number of anilines is 1. The number of nitrogens with zero attached hydrogens (tertiary/aromatic N) is 4. The molecular weight excluding hydrogens is 434 g/mol. The highest BCUT2D eigenvalue weighted by Gasteiger charge is 2.19. The minimum atomic E-state index is -4.63. The fourth-order valence-electron chi connectivity index (χ4n) is 2.78. The van der Waals surface area contributed by atoms with Crippen molar-refractivity contribution < 1.29 is 22.8 Å². The van der Waals surface area contributed by atoms with Crippen molar-refractivity contribution in [1.82, 2.24) is 0 Å². The lowest BCUT2D eigenvalue weighted by Crippen LogP contribution is -1.99. The van der Waals surface area contributed by atoms with Gasteiger partial charge in [-0.15, -0.1) is 5.11 Å². The molecule has 166 valence electrons. The first-order valence-corrected chi connectivity index (χ1v) is 10.7. The minimum Gasteiger partial charge on any atom is -0.508 e. The summed E-state index contributed by atoms with van der Waals surface area (Å²) >= 11 is 0. The van der Waals surface area contributed by atoms with Gasteiger partial charge in [0.15, 0.2) is 0 Å². The summed E-state index contributed by atoms with van der Waals surface area (Å²) < 4.78 is 38.8. The lowest BCUT2D eigenvalue weighted by atomic mass is 10.1. The molecule has 0 radical (unpaired) electrons. The number of phenolic OH excluding ortho intramolecular Hbond substituents is 1. The molecule has 0 aliphatic rings. The van der Waals surface area contributed by atoms with Crippen molar-refractivity contribution in [1.29, 1.82) is 0 Å². The molecule has 0 atom stereocenters. The third kappa shape index (κ3) is 5.25. The molecule has 0 amide bonds. The van der Waals surface area contributed by atoms with E-state index in [1.165, 1.54) is 31.4 Å². The quantitative estimate of drug-likeness (QED) is 0.246. The summed E-state index contributed by atoms with van der Waals surface area (Å²) in [5.74, 6) is 0.484. The highest BCUT2D eigenvalue weighted by molar-refractivity contribution is 7.86. The van der Waals surface area contributed by atoms with Gasteiger partial charge in [-0.1, -0.05) is 0 Å². The Morgan fingerprint density at radius 3 is 2.03 bits per heavy atom. The molecular formula is C21H21N5O5S. The van der Waals surface area contributed by atoms with E-state index in [-0.39, 0.29) is 17.1 Å². The van der Waals surface area contributed by atoms with Crippen LogP contribution in [0.3, 0.4) is 0 Å². The third-order valence-electron chi connectivity index (χ3n) is 4.49. The maximum absolute atomic E-state index is 12.0. The lowest BCUT2D eigenvalue weighted by molar-refractivity contribution is 0.417. The number of nitrogen functional groups attached to an aromatic ring is 1. The summed E-state index contributed by atoms with van der Waals surface area (Å²) in [6, 6.07) is 11.8. The molecule has 0 heterocycles. The Morgan fingerprint density at radius 2 is 1.41 bits per heavy atom. The van der Waals surface area contributed by atoms with Crippen LogP contribution in [0.5, 0.6) is 11.5 Å². The Bertz CT molecular complexity index is 1320. The van der Waals surface area contributed by atoms with Crippen LogP contribution in [-0.2, 0) is 10.1 Å². The van der Waals surface area contributed by atoms with Crippen molar-refractivity contribution >= 4 is 38.6 Å². The van der Waals surface area contributed by atoms with Gasteiger partial charge in [0.25, 0.3) is 10.1 Å². The lowest BCUT2D eigenvalue weighted by Gasteiger charge is -2.08. The first kappa shape index (κ1) is 22.8. The maximum atomic E-state index is 12.0. The molecule has 10 nitrogen and oxygen atoms in total. The number of aryl methyl sites for hydroxylation is 2. The number of ether oxygens (including phenoxy) is 1. The van der Waals surface area contributed by atoms with E-state index in [0.29, 0.717) is 33.9 Å². The zero-order valence-electron chi connectivity index (χ0n) is 17.5. The minimum absolute atomic E-state index is 0.0659. The predicted octanol–water partition coefficient (Wildman–Crippen LogP) is 5.68. The molecule has 11 heteroatoms.